The minimum atomic E-state index is -0.554. The van der Waals surface area contributed by atoms with Crippen molar-refractivity contribution in [1.82, 2.24) is 0 Å². The van der Waals surface area contributed by atoms with E-state index in [4.69, 9.17) is 11.1 Å². The van der Waals surface area contributed by atoms with Crippen molar-refractivity contribution in [1.29, 1.82) is 5.41 Å². The molecule has 0 aliphatic carbocycles. The van der Waals surface area contributed by atoms with Gasteiger partial charge in [0.25, 0.3) is 0 Å². The van der Waals surface area contributed by atoms with Crippen molar-refractivity contribution in [3.05, 3.63) is 29.8 Å². The van der Waals surface area contributed by atoms with Gasteiger partial charge in [-0.05, 0) is 31.9 Å². The lowest BCUT2D eigenvalue weighted by molar-refractivity contribution is 0.0351. The number of amidine groups is 1. The molecule has 0 saturated carbocycles. The first-order valence-corrected chi connectivity index (χ1v) is 5.90. The van der Waals surface area contributed by atoms with Crippen LogP contribution in [-0.2, 0) is 0 Å². The number of nitrogens with one attached hydrogen (secondary N) is 1. The molecule has 0 atom stereocenters. The van der Waals surface area contributed by atoms with E-state index in [1.54, 1.807) is 0 Å². The highest BCUT2D eigenvalue weighted by Gasteiger charge is 2.28. The number of aliphatic hydroxyl groups is 1. The highest BCUT2D eigenvalue weighted by atomic mass is 16.3. The minimum Gasteiger partial charge on any atom is -0.390 e. The average Bonchev–Trinajstić information content (AvgIpc) is 2.29. The van der Waals surface area contributed by atoms with Crippen LogP contribution in [0, 0.1) is 5.41 Å². The van der Waals surface area contributed by atoms with Crippen LogP contribution in [0.2, 0.25) is 0 Å². The Morgan fingerprint density at radius 3 is 2.53 bits per heavy atom. The third-order valence-corrected chi connectivity index (χ3v) is 3.38. The van der Waals surface area contributed by atoms with Crippen molar-refractivity contribution in [2.24, 2.45) is 5.73 Å². The first-order chi connectivity index (χ1) is 7.99. The smallest absolute Gasteiger partial charge is 0.124 e. The van der Waals surface area contributed by atoms with Crippen molar-refractivity contribution in [3.63, 3.8) is 0 Å². The number of benzene rings is 1. The molecule has 92 valence electrons. The molecule has 1 aliphatic heterocycles. The van der Waals surface area contributed by atoms with E-state index < -0.39 is 5.60 Å². The van der Waals surface area contributed by atoms with Crippen molar-refractivity contribution in [3.8, 4) is 0 Å². The second-order valence-corrected chi connectivity index (χ2v) is 4.91. The fourth-order valence-corrected chi connectivity index (χ4v) is 2.21. The van der Waals surface area contributed by atoms with Gasteiger partial charge in [-0.2, -0.15) is 0 Å². The van der Waals surface area contributed by atoms with Gasteiger partial charge >= 0.3 is 0 Å². The molecule has 4 N–H and O–H groups in total. The van der Waals surface area contributed by atoms with Crippen molar-refractivity contribution in [2.75, 3.05) is 18.0 Å². The molecule has 1 aromatic rings. The van der Waals surface area contributed by atoms with E-state index in [1.807, 2.05) is 31.2 Å². The number of piperidine rings is 1. The number of hydrogen-bond donors (Lipinski definition) is 3. The fraction of sp³-hybridized carbons (Fsp3) is 0.462. The topological polar surface area (TPSA) is 73.3 Å². The van der Waals surface area contributed by atoms with Crippen LogP contribution < -0.4 is 10.6 Å². The molecule has 1 aliphatic rings. The molecular formula is C13H19N3O. The third kappa shape index (κ3) is 2.58. The van der Waals surface area contributed by atoms with E-state index >= 15 is 0 Å². The number of nitrogen functional groups attached to an aromatic ring is 1. The van der Waals surface area contributed by atoms with Gasteiger partial charge in [0.1, 0.15) is 5.84 Å². The van der Waals surface area contributed by atoms with E-state index in [-0.39, 0.29) is 5.84 Å². The predicted molar refractivity (Wildman–Crippen MR) is 69.5 cm³/mol. The van der Waals surface area contributed by atoms with Crippen LogP contribution in [0.4, 0.5) is 5.69 Å². The second kappa shape index (κ2) is 4.37. The molecule has 4 heteroatoms. The zero-order valence-corrected chi connectivity index (χ0v) is 10.1. The summed E-state index contributed by atoms with van der Waals surface area (Å²) >= 11 is 0. The maximum absolute atomic E-state index is 9.92. The molecule has 0 amide bonds. The number of nitrogens with zero attached hydrogens (tertiary/aromatic N) is 1. The van der Waals surface area contributed by atoms with Crippen molar-refractivity contribution in [2.45, 2.75) is 25.4 Å². The molecule has 1 fully saturated rings. The first kappa shape index (κ1) is 11.9. The number of nitrogens with two attached hydrogens (primary N) is 1. The summed E-state index contributed by atoms with van der Waals surface area (Å²) in [5.41, 5.74) is 6.80. The van der Waals surface area contributed by atoms with Crippen LogP contribution in [0.1, 0.15) is 25.3 Å². The Balaban J connectivity index is 2.21. The first-order valence-electron chi connectivity index (χ1n) is 5.90. The molecule has 0 bridgehead atoms. The molecule has 0 radical (unpaired) electrons. The third-order valence-electron chi connectivity index (χ3n) is 3.38. The largest absolute Gasteiger partial charge is 0.390 e. The Morgan fingerprint density at radius 2 is 1.94 bits per heavy atom. The van der Waals surface area contributed by atoms with E-state index in [2.05, 4.69) is 4.90 Å². The normalized spacial score (nSPS) is 19.1. The predicted octanol–water partition coefficient (Wildman–Crippen LogP) is 1.32. The lowest BCUT2D eigenvalue weighted by Gasteiger charge is -2.37. The maximum atomic E-state index is 9.92. The van der Waals surface area contributed by atoms with Crippen molar-refractivity contribution >= 4 is 11.5 Å². The van der Waals surface area contributed by atoms with E-state index in [1.165, 1.54) is 0 Å². The summed E-state index contributed by atoms with van der Waals surface area (Å²) in [6.07, 6.45) is 1.50. The number of rotatable bonds is 2. The van der Waals surface area contributed by atoms with Gasteiger partial charge in [0.2, 0.25) is 0 Å². The van der Waals surface area contributed by atoms with Gasteiger partial charge in [-0.3, -0.25) is 5.41 Å². The van der Waals surface area contributed by atoms with Gasteiger partial charge in [-0.25, -0.2) is 0 Å². The van der Waals surface area contributed by atoms with E-state index in [0.717, 1.165) is 37.2 Å². The van der Waals surface area contributed by atoms with Gasteiger partial charge in [0.15, 0.2) is 0 Å². The minimum absolute atomic E-state index is 0.0953. The lowest BCUT2D eigenvalue weighted by Crippen LogP contribution is -2.43. The molecule has 2 rings (SSSR count). The van der Waals surface area contributed by atoms with Crippen LogP contribution in [0.15, 0.2) is 24.3 Å². The van der Waals surface area contributed by atoms with Gasteiger partial charge in [-0.15, -0.1) is 0 Å². The SMILES string of the molecule is CC1(O)CCN(c2ccccc2C(=N)N)CC1. The van der Waals surface area contributed by atoms with Gasteiger partial charge in [0.05, 0.1) is 5.60 Å². The Kier molecular flexibility index (Phi) is 3.07. The highest BCUT2D eigenvalue weighted by Crippen LogP contribution is 2.27. The zero-order valence-electron chi connectivity index (χ0n) is 10.1. The Hall–Kier alpha value is -1.55. The molecule has 4 nitrogen and oxygen atoms in total. The fourth-order valence-electron chi connectivity index (χ4n) is 2.21. The molecule has 0 unspecified atom stereocenters. The van der Waals surface area contributed by atoms with Gasteiger partial charge < -0.3 is 15.7 Å². The Morgan fingerprint density at radius 1 is 1.35 bits per heavy atom. The quantitative estimate of drug-likeness (QED) is 0.533. The highest BCUT2D eigenvalue weighted by molar-refractivity contribution is 6.00. The standard InChI is InChI=1S/C13H19N3O/c1-13(17)6-8-16(9-7-13)11-5-3-2-4-10(11)12(14)15/h2-5,17H,6-9H2,1H3,(H3,14,15). The van der Waals surface area contributed by atoms with Crippen LogP contribution in [-0.4, -0.2) is 29.6 Å². The van der Waals surface area contributed by atoms with Crippen molar-refractivity contribution < 1.29 is 5.11 Å². The summed E-state index contributed by atoms with van der Waals surface area (Å²) in [4.78, 5) is 2.19. The monoisotopic (exact) mass is 233 g/mol. The number of para-hydroxylation sites is 1. The zero-order chi connectivity index (χ0) is 12.5. The van der Waals surface area contributed by atoms with Gasteiger partial charge in [-0.1, -0.05) is 12.1 Å². The maximum Gasteiger partial charge on any atom is 0.124 e. The summed E-state index contributed by atoms with van der Waals surface area (Å²) in [6, 6.07) is 7.69. The molecular weight excluding hydrogens is 214 g/mol. The molecule has 1 saturated heterocycles. The number of anilines is 1. The molecule has 0 aromatic heterocycles. The molecule has 1 heterocycles. The summed E-state index contributed by atoms with van der Waals surface area (Å²) in [5, 5.41) is 17.5. The number of hydrogen-bond acceptors (Lipinski definition) is 3. The summed E-state index contributed by atoms with van der Waals surface area (Å²) in [5.74, 6) is 0.0953. The second-order valence-electron chi connectivity index (χ2n) is 4.91. The van der Waals surface area contributed by atoms with E-state index in [9.17, 15) is 5.11 Å². The molecule has 17 heavy (non-hydrogen) atoms. The van der Waals surface area contributed by atoms with Crippen LogP contribution in [0.25, 0.3) is 0 Å². The van der Waals surface area contributed by atoms with E-state index in [0.29, 0.717) is 0 Å². The summed E-state index contributed by atoms with van der Waals surface area (Å²) in [6.45, 7) is 3.48. The lowest BCUT2D eigenvalue weighted by atomic mass is 9.93. The summed E-state index contributed by atoms with van der Waals surface area (Å²) < 4.78 is 0. The molecule has 0 spiro atoms. The molecule has 1 aromatic carbocycles. The van der Waals surface area contributed by atoms with Crippen LogP contribution in [0.3, 0.4) is 0 Å². The van der Waals surface area contributed by atoms with Crippen LogP contribution in [0.5, 0.6) is 0 Å². The Bertz CT molecular complexity index is 418. The summed E-state index contributed by atoms with van der Waals surface area (Å²) in [7, 11) is 0. The van der Waals surface area contributed by atoms with Crippen LogP contribution >= 0.6 is 0 Å². The average molecular weight is 233 g/mol. The Labute approximate surface area is 102 Å². The van der Waals surface area contributed by atoms with Gasteiger partial charge in [0, 0.05) is 24.3 Å².